The standard InChI is InChI=1S/C12H18N2O2/c1-4-5-6-7-14-8-10(15)13-11(9(2)3)12(14)16/h1,9,11H,5-8H2,2-3H3,(H,13,15). The minimum Gasteiger partial charge on any atom is -0.343 e. The normalized spacial score (nSPS) is 20.9. The van der Waals surface area contributed by atoms with Crippen molar-refractivity contribution in [2.45, 2.75) is 32.7 Å². The second-order valence-electron chi connectivity index (χ2n) is 4.36. The Balaban J connectivity index is 2.59. The smallest absolute Gasteiger partial charge is 0.245 e. The molecule has 0 aliphatic carbocycles. The Bertz CT molecular complexity index is 317. The first kappa shape index (κ1) is 12.6. The molecule has 1 heterocycles. The summed E-state index contributed by atoms with van der Waals surface area (Å²) in [6.45, 7) is 4.58. The van der Waals surface area contributed by atoms with Gasteiger partial charge in [-0.15, -0.1) is 12.3 Å². The van der Waals surface area contributed by atoms with Crippen LogP contribution in [0.4, 0.5) is 0 Å². The molecule has 1 atom stereocenters. The third-order valence-corrected chi connectivity index (χ3v) is 2.64. The van der Waals surface area contributed by atoms with E-state index in [1.54, 1.807) is 4.90 Å². The highest BCUT2D eigenvalue weighted by Gasteiger charge is 2.33. The molecule has 1 N–H and O–H groups in total. The summed E-state index contributed by atoms with van der Waals surface area (Å²) < 4.78 is 0. The fraction of sp³-hybridized carbons (Fsp3) is 0.667. The number of carbonyl (C=O) groups excluding carboxylic acids is 2. The summed E-state index contributed by atoms with van der Waals surface area (Å²) in [5.74, 6) is 2.57. The van der Waals surface area contributed by atoms with Gasteiger partial charge in [-0.1, -0.05) is 13.8 Å². The van der Waals surface area contributed by atoms with Gasteiger partial charge in [-0.05, 0) is 12.3 Å². The first-order valence-corrected chi connectivity index (χ1v) is 5.58. The molecule has 1 rings (SSSR count). The van der Waals surface area contributed by atoms with Crippen LogP contribution in [-0.2, 0) is 9.59 Å². The van der Waals surface area contributed by atoms with Crippen molar-refractivity contribution in [3.05, 3.63) is 0 Å². The fourth-order valence-electron chi connectivity index (χ4n) is 1.74. The quantitative estimate of drug-likeness (QED) is 0.552. The molecule has 0 aromatic carbocycles. The molecule has 2 amide bonds. The number of nitrogens with one attached hydrogen (secondary N) is 1. The number of hydrogen-bond acceptors (Lipinski definition) is 2. The van der Waals surface area contributed by atoms with Crippen molar-refractivity contribution in [1.82, 2.24) is 10.2 Å². The zero-order valence-electron chi connectivity index (χ0n) is 9.82. The van der Waals surface area contributed by atoms with Crippen LogP contribution in [0.5, 0.6) is 0 Å². The van der Waals surface area contributed by atoms with Gasteiger partial charge in [0.05, 0.1) is 6.54 Å². The number of carbonyl (C=O) groups is 2. The van der Waals surface area contributed by atoms with Crippen LogP contribution in [0.2, 0.25) is 0 Å². The third-order valence-electron chi connectivity index (χ3n) is 2.64. The number of nitrogens with zero attached hydrogens (tertiary/aromatic N) is 1. The molecule has 1 fully saturated rings. The maximum Gasteiger partial charge on any atom is 0.245 e. The summed E-state index contributed by atoms with van der Waals surface area (Å²) in [6, 6.07) is -0.382. The second kappa shape index (κ2) is 5.55. The topological polar surface area (TPSA) is 49.4 Å². The molecule has 0 aromatic heterocycles. The summed E-state index contributed by atoms with van der Waals surface area (Å²) in [5, 5.41) is 2.72. The number of hydrogen-bond donors (Lipinski definition) is 1. The Labute approximate surface area is 96.4 Å². The lowest BCUT2D eigenvalue weighted by Gasteiger charge is -2.34. The summed E-state index contributed by atoms with van der Waals surface area (Å²) in [6.07, 6.45) is 6.54. The number of rotatable bonds is 4. The van der Waals surface area contributed by atoms with Crippen LogP contribution >= 0.6 is 0 Å². The van der Waals surface area contributed by atoms with Gasteiger partial charge in [0.25, 0.3) is 0 Å². The lowest BCUT2D eigenvalue weighted by atomic mass is 10.0. The molecule has 0 radical (unpaired) electrons. The number of piperazine rings is 1. The molecule has 1 aliphatic heterocycles. The zero-order valence-corrected chi connectivity index (χ0v) is 9.82. The minimum atomic E-state index is -0.382. The van der Waals surface area contributed by atoms with Gasteiger partial charge in [-0.2, -0.15) is 0 Å². The predicted molar refractivity (Wildman–Crippen MR) is 61.4 cm³/mol. The average Bonchev–Trinajstić information content (AvgIpc) is 2.22. The highest BCUT2D eigenvalue weighted by Crippen LogP contribution is 2.11. The van der Waals surface area contributed by atoms with Gasteiger partial charge < -0.3 is 10.2 Å². The Kier molecular flexibility index (Phi) is 4.36. The maximum atomic E-state index is 12.0. The van der Waals surface area contributed by atoms with E-state index in [1.807, 2.05) is 13.8 Å². The van der Waals surface area contributed by atoms with E-state index >= 15 is 0 Å². The van der Waals surface area contributed by atoms with Crippen molar-refractivity contribution >= 4 is 11.8 Å². The average molecular weight is 222 g/mol. The van der Waals surface area contributed by atoms with E-state index in [0.717, 1.165) is 6.42 Å². The Morgan fingerprint density at radius 3 is 2.81 bits per heavy atom. The van der Waals surface area contributed by atoms with E-state index in [0.29, 0.717) is 13.0 Å². The van der Waals surface area contributed by atoms with Crippen LogP contribution in [-0.4, -0.2) is 35.8 Å². The minimum absolute atomic E-state index is 0.00613. The van der Waals surface area contributed by atoms with Crippen molar-refractivity contribution in [2.75, 3.05) is 13.1 Å². The maximum absolute atomic E-state index is 12.0. The molecular formula is C12H18N2O2. The summed E-state index contributed by atoms with van der Waals surface area (Å²) >= 11 is 0. The summed E-state index contributed by atoms with van der Waals surface area (Å²) in [7, 11) is 0. The van der Waals surface area contributed by atoms with Crippen molar-refractivity contribution in [3.63, 3.8) is 0 Å². The monoisotopic (exact) mass is 222 g/mol. The van der Waals surface area contributed by atoms with E-state index in [4.69, 9.17) is 6.42 Å². The number of unbranched alkanes of at least 4 members (excludes halogenated alkanes) is 1. The second-order valence-corrected chi connectivity index (χ2v) is 4.36. The van der Waals surface area contributed by atoms with Crippen molar-refractivity contribution < 1.29 is 9.59 Å². The first-order chi connectivity index (χ1) is 7.56. The van der Waals surface area contributed by atoms with E-state index in [-0.39, 0.29) is 30.3 Å². The lowest BCUT2D eigenvalue weighted by molar-refractivity contribution is -0.145. The molecule has 0 bridgehead atoms. The molecule has 1 aliphatic rings. The van der Waals surface area contributed by atoms with Crippen molar-refractivity contribution in [1.29, 1.82) is 0 Å². The first-order valence-electron chi connectivity index (χ1n) is 5.58. The van der Waals surface area contributed by atoms with Gasteiger partial charge in [0, 0.05) is 13.0 Å². The van der Waals surface area contributed by atoms with Crippen LogP contribution in [0.25, 0.3) is 0 Å². The Hall–Kier alpha value is -1.50. The Morgan fingerprint density at radius 1 is 1.56 bits per heavy atom. The van der Waals surface area contributed by atoms with Crippen LogP contribution in [0.15, 0.2) is 0 Å². The molecular weight excluding hydrogens is 204 g/mol. The zero-order chi connectivity index (χ0) is 12.1. The molecule has 16 heavy (non-hydrogen) atoms. The molecule has 0 spiro atoms. The number of terminal acetylenes is 1. The molecule has 0 aromatic rings. The third kappa shape index (κ3) is 2.99. The number of amides is 2. The van der Waals surface area contributed by atoms with Crippen molar-refractivity contribution in [2.24, 2.45) is 5.92 Å². The van der Waals surface area contributed by atoms with E-state index in [9.17, 15) is 9.59 Å². The highest BCUT2D eigenvalue weighted by atomic mass is 16.2. The van der Waals surface area contributed by atoms with Crippen LogP contribution in [0.1, 0.15) is 26.7 Å². The van der Waals surface area contributed by atoms with Crippen LogP contribution < -0.4 is 5.32 Å². The SMILES string of the molecule is C#CCCCN1CC(=O)NC(C(C)C)C1=O. The molecule has 0 saturated carbocycles. The van der Waals surface area contributed by atoms with Gasteiger partial charge in [-0.3, -0.25) is 9.59 Å². The van der Waals surface area contributed by atoms with Crippen LogP contribution in [0.3, 0.4) is 0 Å². The highest BCUT2D eigenvalue weighted by molar-refractivity contribution is 5.94. The van der Waals surface area contributed by atoms with Gasteiger partial charge in [0.15, 0.2) is 0 Å². The van der Waals surface area contributed by atoms with Crippen LogP contribution in [0, 0.1) is 18.3 Å². The van der Waals surface area contributed by atoms with Gasteiger partial charge in [0.1, 0.15) is 6.04 Å². The van der Waals surface area contributed by atoms with E-state index < -0.39 is 0 Å². The van der Waals surface area contributed by atoms with Crippen molar-refractivity contribution in [3.8, 4) is 12.3 Å². The Morgan fingerprint density at radius 2 is 2.25 bits per heavy atom. The lowest BCUT2D eigenvalue weighted by Crippen LogP contribution is -2.59. The fourth-order valence-corrected chi connectivity index (χ4v) is 1.74. The van der Waals surface area contributed by atoms with E-state index in [1.165, 1.54) is 0 Å². The van der Waals surface area contributed by atoms with Gasteiger partial charge in [-0.25, -0.2) is 0 Å². The summed E-state index contributed by atoms with van der Waals surface area (Å²) in [4.78, 5) is 25.0. The van der Waals surface area contributed by atoms with Gasteiger partial charge in [0.2, 0.25) is 11.8 Å². The van der Waals surface area contributed by atoms with E-state index in [2.05, 4.69) is 11.2 Å². The molecule has 4 heteroatoms. The molecule has 4 nitrogen and oxygen atoms in total. The molecule has 88 valence electrons. The molecule has 1 unspecified atom stereocenters. The largest absolute Gasteiger partial charge is 0.343 e. The van der Waals surface area contributed by atoms with Gasteiger partial charge >= 0.3 is 0 Å². The predicted octanol–water partition coefficient (Wildman–Crippen LogP) is 0.383. The summed E-state index contributed by atoms with van der Waals surface area (Å²) in [5.41, 5.74) is 0. The molecule has 1 saturated heterocycles.